The molecule has 0 radical (unpaired) electrons. The van der Waals surface area contributed by atoms with Crippen LogP contribution < -0.4 is 17.0 Å². The van der Waals surface area contributed by atoms with Crippen LogP contribution in [-0.2, 0) is 6.18 Å². The minimum Gasteiger partial charge on any atom is -0.398 e. The maximum absolute atomic E-state index is 12.4. The average Bonchev–Trinajstić information content (AvgIpc) is 2.15. The minimum atomic E-state index is -4.36. The van der Waals surface area contributed by atoms with Gasteiger partial charge in [0.2, 0.25) is 0 Å². The third-order valence-corrected chi connectivity index (χ3v) is 2.13. The fourth-order valence-corrected chi connectivity index (χ4v) is 1.22. The second kappa shape index (κ2) is 4.08. The molecule has 84 valence electrons. The first-order chi connectivity index (χ1) is 6.86. The number of nitrogens with one attached hydrogen (secondary N) is 1. The molecule has 5 N–H and O–H groups in total. The summed E-state index contributed by atoms with van der Waals surface area (Å²) in [6, 6.07) is 2.75. The molecule has 1 aromatic rings. The lowest BCUT2D eigenvalue weighted by Gasteiger charge is -2.15. The molecule has 0 saturated heterocycles. The lowest BCUT2D eigenvalue weighted by molar-refractivity contribution is -0.137. The summed E-state index contributed by atoms with van der Waals surface area (Å²) in [5.74, 6) is 5.15. The second-order valence-corrected chi connectivity index (χ2v) is 3.23. The predicted molar refractivity (Wildman–Crippen MR) is 51.6 cm³/mol. The number of nitrogens with two attached hydrogens (primary N) is 2. The summed E-state index contributed by atoms with van der Waals surface area (Å²) in [4.78, 5) is 0. The van der Waals surface area contributed by atoms with Gasteiger partial charge in [-0.05, 0) is 30.7 Å². The van der Waals surface area contributed by atoms with Crippen LogP contribution in [0.15, 0.2) is 18.2 Å². The fourth-order valence-electron chi connectivity index (χ4n) is 1.22. The highest BCUT2D eigenvalue weighted by molar-refractivity contribution is 5.50. The van der Waals surface area contributed by atoms with Crippen molar-refractivity contribution in [2.24, 2.45) is 5.84 Å². The largest absolute Gasteiger partial charge is 0.416 e. The zero-order valence-corrected chi connectivity index (χ0v) is 8.10. The quantitative estimate of drug-likeness (QED) is 0.404. The zero-order valence-electron chi connectivity index (χ0n) is 8.10. The van der Waals surface area contributed by atoms with Gasteiger partial charge in [-0.1, -0.05) is 0 Å². The molecule has 1 atom stereocenters. The summed E-state index contributed by atoms with van der Waals surface area (Å²) in [5.41, 5.74) is 7.80. The summed E-state index contributed by atoms with van der Waals surface area (Å²) in [7, 11) is 0. The number of hydrazine groups is 1. The monoisotopic (exact) mass is 219 g/mol. The number of hydrogen-bond donors (Lipinski definition) is 3. The van der Waals surface area contributed by atoms with Crippen LogP contribution in [0.2, 0.25) is 0 Å². The lowest BCUT2D eigenvalue weighted by Crippen LogP contribution is -2.26. The van der Waals surface area contributed by atoms with Crippen molar-refractivity contribution in [1.82, 2.24) is 5.43 Å². The van der Waals surface area contributed by atoms with Gasteiger partial charge in [0.05, 0.1) is 5.56 Å². The normalized spacial score (nSPS) is 13.9. The maximum Gasteiger partial charge on any atom is 0.416 e. The molecule has 0 aliphatic heterocycles. The highest BCUT2D eigenvalue weighted by Gasteiger charge is 2.31. The van der Waals surface area contributed by atoms with Crippen LogP contribution in [0.25, 0.3) is 0 Å². The van der Waals surface area contributed by atoms with Crippen molar-refractivity contribution in [2.45, 2.75) is 19.1 Å². The van der Waals surface area contributed by atoms with Gasteiger partial charge < -0.3 is 5.73 Å². The Kier molecular flexibility index (Phi) is 3.21. The molecule has 1 rings (SSSR count). The van der Waals surface area contributed by atoms with Crippen LogP contribution in [0.1, 0.15) is 24.1 Å². The van der Waals surface area contributed by atoms with Gasteiger partial charge in [-0.3, -0.25) is 11.3 Å². The zero-order chi connectivity index (χ0) is 11.6. The molecule has 0 aromatic heterocycles. The number of halogens is 3. The minimum absolute atomic E-state index is 0.286. The number of alkyl halides is 3. The molecule has 0 fully saturated rings. The van der Waals surface area contributed by atoms with E-state index in [1.54, 1.807) is 6.92 Å². The van der Waals surface area contributed by atoms with Crippen molar-refractivity contribution >= 4 is 5.69 Å². The van der Waals surface area contributed by atoms with Crippen LogP contribution in [-0.4, -0.2) is 0 Å². The van der Waals surface area contributed by atoms with Crippen molar-refractivity contribution in [3.8, 4) is 0 Å². The van der Waals surface area contributed by atoms with Crippen molar-refractivity contribution in [3.63, 3.8) is 0 Å². The van der Waals surface area contributed by atoms with E-state index in [1.165, 1.54) is 6.07 Å². The van der Waals surface area contributed by atoms with Crippen LogP contribution >= 0.6 is 0 Å². The van der Waals surface area contributed by atoms with Crippen LogP contribution in [0.3, 0.4) is 0 Å². The Morgan fingerprint density at radius 1 is 1.33 bits per heavy atom. The van der Waals surface area contributed by atoms with E-state index in [9.17, 15) is 13.2 Å². The van der Waals surface area contributed by atoms with Crippen LogP contribution in [0.4, 0.5) is 18.9 Å². The molecule has 0 aliphatic carbocycles. The van der Waals surface area contributed by atoms with Gasteiger partial charge in [0, 0.05) is 11.7 Å². The third-order valence-electron chi connectivity index (χ3n) is 2.13. The Balaban J connectivity index is 3.17. The first kappa shape index (κ1) is 11.8. The average molecular weight is 219 g/mol. The topological polar surface area (TPSA) is 64.1 Å². The van der Waals surface area contributed by atoms with Crippen molar-refractivity contribution in [1.29, 1.82) is 0 Å². The Labute approximate surface area is 85.2 Å². The first-order valence-corrected chi connectivity index (χ1v) is 4.29. The summed E-state index contributed by atoms with van der Waals surface area (Å²) >= 11 is 0. The van der Waals surface area contributed by atoms with Crippen molar-refractivity contribution in [3.05, 3.63) is 29.3 Å². The summed E-state index contributed by atoms with van der Waals surface area (Å²) in [6.07, 6.45) is -4.36. The molecule has 0 bridgehead atoms. The molecular weight excluding hydrogens is 207 g/mol. The number of hydrogen-bond acceptors (Lipinski definition) is 3. The molecule has 0 saturated carbocycles. The molecule has 0 amide bonds. The molecular formula is C9H12F3N3. The van der Waals surface area contributed by atoms with Crippen molar-refractivity contribution in [2.75, 3.05) is 5.73 Å². The van der Waals surface area contributed by atoms with Crippen LogP contribution in [0.5, 0.6) is 0 Å². The Bertz CT molecular complexity index is 349. The summed E-state index contributed by atoms with van der Waals surface area (Å²) in [6.45, 7) is 1.63. The van der Waals surface area contributed by atoms with E-state index in [4.69, 9.17) is 11.6 Å². The maximum atomic E-state index is 12.4. The number of nitrogen functional groups attached to an aromatic ring is 1. The molecule has 1 aromatic carbocycles. The van der Waals surface area contributed by atoms with E-state index in [-0.39, 0.29) is 5.69 Å². The van der Waals surface area contributed by atoms with Gasteiger partial charge >= 0.3 is 6.18 Å². The van der Waals surface area contributed by atoms with E-state index in [0.29, 0.717) is 5.56 Å². The van der Waals surface area contributed by atoms with Gasteiger partial charge in [0.15, 0.2) is 0 Å². The Hall–Kier alpha value is -1.27. The first-order valence-electron chi connectivity index (χ1n) is 4.29. The summed E-state index contributed by atoms with van der Waals surface area (Å²) < 4.78 is 37.1. The van der Waals surface area contributed by atoms with E-state index >= 15 is 0 Å². The molecule has 0 heterocycles. The van der Waals surface area contributed by atoms with Gasteiger partial charge in [-0.2, -0.15) is 13.2 Å². The Morgan fingerprint density at radius 3 is 2.40 bits per heavy atom. The van der Waals surface area contributed by atoms with E-state index in [2.05, 4.69) is 5.43 Å². The highest BCUT2D eigenvalue weighted by Crippen LogP contribution is 2.32. The van der Waals surface area contributed by atoms with Crippen LogP contribution in [0, 0.1) is 0 Å². The summed E-state index contributed by atoms with van der Waals surface area (Å²) in [5, 5.41) is 0. The standard InChI is InChI=1S/C9H12F3N3/c1-5(15-14)7-4-6(9(10,11)12)2-3-8(7)13/h2-5,15H,13-14H2,1H3. The third kappa shape index (κ3) is 2.60. The SMILES string of the molecule is CC(NN)c1cc(C(F)(F)F)ccc1N. The van der Waals surface area contributed by atoms with Gasteiger partial charge in [0.1, 0.15) is 0 Å². The smallest absolute Gasteiger partial charge is 0.398 e. The second-order valence-electron chi connectivity index (χ2n) is 3.23. The highest BCUT2D eigenvalue weighted by atomic mass is 19.4. The van der Waals surface area contributed by atoms with E-state index in [0.717, 1.165) is 12.1 Å². The van der Waals surface area contributed by atoms with E-state index in [1.807, 2.05) is 0 Å². The van der Waals surface area contributed by atoms with Crippen molar-refractivity contribution < 1.29 is 13.2 Å². The molecule has 0 spiro atoms. The molecule has 1 unspecified atom stereocenters. The van der Waals surface area contributed by atoms with Gasteiger partial charge in [-0.15, -0.1) is 0 Å². The Morgan fingerprint density at radius 2 is 1.93 bits per heavy atom. The number of benzene rings is 1. The van der Waals surface area contributed by atoms with E-state index < -0.39 is 17.8 Å². The molecule has 0 aliphatic rings. The van der Waals surface area contributed by atoms with Gasteiger partial charge in [0.25, 0.3) is 0 Å². The lowest BCUT2D eigenvalue weighted by atomic mass is 10.0. The number of rotatable bonds is 2. The molecule has 3 nitrogen and oxygen atoms in total. The van der Waals surface area contributed by atoms with Gasteiger partial charge in [-0.25, -0.2) is 0 Å². The molecule has 6 heteroatoms. The fraction of sp³-hybridized carbons (Fsp3) is 0.333. The predicted octanol–water partition coefficient (Wildman–Crippen LogP) is 1.81. The number of anilines is 1. The molecule has 15 heavy (non-hydrogen) atoms.